The first kappa shape index (κ1) is 18.4. The molecule has 10 heteroatoms. The van der Waals surface area contributed by atoms with E-state index in [0.717, 1.165) is 4.90 Å². The predicted molar refractivity (Wildman–Crippen MR) is 77.5 cm³/mol. The van der Waals surface area contributed by atoms with E-state index in [2.05, 4.69) is 4.74 Å². The van der Waals surface area contributed by atoms with E-state index in [1.807, 2.05) is 0 Å². The van der Waals surface area contributed by atoms with Crippen molar-refractivity contribution >= 4 is 29.4 Å². The van der Waals surface area contributed by atoms with Crippen molar-refractivity contribution in [2.75, 3.05) is 18.1 Å². The Labute approximate surface area is 139 Å². The molecule has 1 aliphatic heterocycles. The lowest BCUT2D eigenvalue weighted by atomic mass is 10.2. The normalized spacial score (nSPS) is 14.6. The van der Waals surface area contributed by atoms with Crippen LogP contribution in [0.1, 0.15) is 23.2 Å². The van der Waals surface area contributed by atoms with Crippen LogP contribution in [0, 0.1) is 0 Å². The van der Waals surface area contributed by atoms with Gasteiger partial charge >= 0.3 is 12.1 Å². The number of nitrogens with zero attached hydrogens (tertiary/aromatic N) is 1. The number of rotatable bonds is 5. The quantitative estimate of drug-likeness (QED) is 0.630. The Morgan fingerprint density at radius 1 is 1.08 bits per heavy atom. The summed E-state index contributed by atoms with van der Waals surface area (Å²) in [4.78, 5) is 47.1. The first-order valence-electron chi connectivity index (χ1n) is 7.14. The molecule has 0 radical (unpaired) electrons. The van der Waals surface area contributed by atoms with Gasteiger partial charge in [0.15, 0.2) is 6.61 Å². The number of halogens is 3. The fourth-order valence-electron chi connectivity index (χ4n) is 2.08. The van der Waals surface area contributed by atoms with Gasteiger partial charge < -0.3 is 10.1 Å². The minimum atomic E-state index is -4.56. The lowest BCUT2D eigenvalue weighted by Gasteiger charge is -2.14. The van der Waals surface area contributed by atoms with Crippen molar-refractivity contribution in [1.29, 1.82) is 0 Å². The van der Waals surface area contributed by atoms with Crippen LogP contribution in [0.25, 0.3) is 0 Å². The third-order valence-corrected chi connectivity index (χ3v) is 3.23. The molecule has 1 aliphatic rings. The van der Waals surface area contributed by atoms with E-state index >= 15 is 0 Å². The molecule has 0 unspecified atom stereocenters. The van der Waals surface area contributed by atoms with Crippen LogP contribution in [-0.4, -0.2) is 43.0 Å². The summed E-state index contributed by atoms with van der Waals surface area (Å²) < 4.78 is 40.4. The largest absolute Gasteiger partial charge is 0.452 e. The Balaban J connectivity index is 1.89. The van der Waals surface area contributed by atoms with Crippen LogP contribution < -0.4 is 10.2 Å². The number of benzene rings is 1. The molecule has 1 fully saturated rings. The Bertz CT molecular complexity index is 684. The number of alkyl halides is 3. The summed E-state index contributed by atoms with van der Waals surface area (Å²) in [7, 11) is 0. The zero-order valence-corrected chi connectivity index (χ0v) is 12.8. The molecule has 3 amide bonds. The summed E-state index contributed by atoms with van der Waals surface area (Å²) in [5.41, 5.74) is 0.318. The summed E-state index contributed by atoms with van der Waals surface area (Å²) in [6.07, 6.45) is -4.31. The van der Waals surface area contributed by atoms with E-state index in [-0.39, 0.29) is 30.2 Å². The smallest absolute Gasteiger partial charge is 0.405 e. The van der Waals surface area contributed by atoms with Gasteiger partial charge in [0.2, 0.25) is 11.8 Å². The van der Waals surface area contributed by atoms with E-state index in [1.54, 1.807) is 5.32 Å². The summed E-state index contributed by atoms with van der Waals surface area (Å²) in [5, 5.41) is 1.56. The SMILES string of the molecule is O=C(COC(=O)c1ccc(N2C(=O)CCC2=O)cc1)NCC(F)(F)F. The van der Waals surface area contributed by atoms with Gasteiger partial charge in [-0.05, 0) is 24.3 Å². The number of esters is 1. The molecule has 1 aromatic carbocycles. The van der Waals surface area contributed by atoms with Crippen molar-refractivity contribution in [1.82, 2.24) is 5.32 Å². The number of imide groups is 1. The average molecular weight is 358 g/mol. The third kappa shape index (κ3) is 5.03. The Kier molecular flexibility index (Phi) is 5.40. The molecule has 0 spiro atoms. The first-order valence-corrected chi connectivity index (χ1v) is 7.14. The topological polar surface area (TPSA) is 92.8 Å². The second-order valence-electron chi connectivity index (χ2n) is 5.14. The van der Waals surface area contributed by atoms with Crippen LogP contribution in [0.2, 0.25) is 0 Å². The van der Waals surface area contributed by atoms with E-state index in [4.69, 9.17) is 0 Å². The molecule has 7 nitrogen and oxygen atoms in total. The van der Waals surface area contributed by atoms with Crippen LogP contribution in [-0.2, 0) is 19.1 Å². The average Bonchev–Trinajstić information content (AvgIpc) is 2.89. The van der Waals surface area contributed by atoms with Gasteiger partial charge in [-0.1, -0.05) is 0 Å². The van der Waals surface area contributed by atoms with Crippen LogP contribution in [0.3, 0.4) is 0 Å². The summed E-state index contributed by atoms with van der Waals surface area (Å²) >= 11 is 0. The third-order valence-electron chi connectivity index (χ3n) is 3.23. The summed E-state index contributed by atoms with van der Waals surface area (Å²) in [5.74, 6) is -2.70. The number of nitrogens with one attached hydrogen (secondary N) is 1. The number of hydrogen-bond acceptors (Lipinski definition) is 5. The Morgan fingerprint density at radius 3 is 2.16 bits per heavy atom. The maximum Gasteiger partial charge on any atom is 0.405 e. The highest BCUT2D eigenvalue weighted by Crippen LogP contribution is 2.22. The highest BCUT2D eigenvalue weighted by molar-refractivity contribution is 6.19. The van der Waals surface area contributed by atoms with E-state index in [9.17, 15) is 32.3 Å². The Morgan fingerprint density at radius 2 is 1.64 bits per heavy atom. The molecule has 0 saturated carbocycles. The van der Waals surface area contributed by atoms with E-state index in [0.29, 0.717) is 5.69 Å². The molecule has 1 N–H and O–H groups in total. The van der Waals surface area contributed by atoms with E-state index < -0.39 is 31.2 Å². The number of carbonyl (C=O) groups excluding carboxylic acids is 4. The molecule has 0 bridgehead atoms. The second-order valence-corrected chi connectivity index (χ2v) is 5.14. The molecule has 1 aromatic rings. The minimum Gasteiger partial charge on any atom is -0.452 e. The summed E-state index contributed by atoms with van der Waals surface area (Å²) in [6.45, 7) is -2.38. The predicted octanol–water partition coefficient (Wildman–Crippen LogP) is 1.18. The van der Waals surface area contributed by atoms with Gasteiger partial charge in [0.25, 0.3) is 5.91 Å². The zero-order valence-electron chi connectivity index (χ0n) is 12.8. The monoisotopic (exact) mass is 358 g/mol. The van der Waals surface area contributed by atoms with Crippen molar-refractivity contribution in [2.24, 2.45) is 0 Å². The molecule has 0 aliphatic carbocycles. The molecule has 0 aromatic heterocycles. The Hall–Kier alpha value is -2.91. The second kappa shape index (κ2) is 7.32. The number of anilines is 1. The van der Waals surface area contributed by atoms with Crippen LogP contribution in [0.4, 0.5) is 18.9 Å². The highest BCUT2D eigenvalue weighted by atomic mass is 19.4. The van der Waals surface area contributed by atoms with Crippen LogP contribution in [0.5, 0.6) is 0 Å². The van der Waals surface area contributed by atoms with Crippen molar-refractivity contribution < 1.29 is 37.1 Å². The molecule has 2 rings (SSSR count). The van der Waals surface area contributed by atoms with Gasteiger partial charge in [0.05, 0.1) is 11.3 Å². The maximum absolute atomic E-state index is 11.9. The van der Waals surface area contributed by atoms with Crippen molar-refractivity contribution in [3.8, 4) is 0 Å². The molecular formula is C15H13F3N2O5. The van der Waals surface area contributed by atoms with Gasteiger partial charge in [-0.15, -0.1) is 0 Å². The molecule has 1 saturated heterocycles. The van der Waals surface area contributed by atoms with Crippen molar-refractivity contribution in [3.63, 3.8) is 0 Å². The van der Waals surface area contributed by atoms with Gasteiger partial charge in [0.1, 0.15) is 6.54 Å². The molecule has 0 atom stereocenters. The minimum absolute atomic E-state index is 0.0199. The maximum atomic E-state index is 11.9. The number of amides is 3. The van der Waals surface area contributed by atoms with Gasteiger partial charge in [-0.2, -0.15) is 13.2 Å². The van der Waals surface area contributed by atoms with Crippen LogP contribution >= 0.6 is 0 Å². The highest BCUT2D eigenvalue weighted by Gasteiger charge is 2.30. The molecule has 134 valence electrons. The first-order chi connectivity index (χ1) is 11.7. The fraction of sp³-hybridized carbons (Fsp3) is 0.333. The number of hydrogen-bond donors (Lipinski definition) is 1. The molecule has 1 heterocycles. The van der Waals surface area contributed by atoms with E-state index in [1.165, 1.54) is 24.3 Å². The van der Waals surface area contributed by atoms with Crippen molar-refractivity contribution in [2.45, 2.75) is 19.0 Å². The molecule has 25 heavy (non-hydrogen) atoms. The van der Waals surface area contributed by atoms with Gasteiger partial charge in [0, 0.05) is 12.8 Å². The van der Waals surface area contributed by atoms with Crippen molar-refractivity contribution in [3.05, 3.63) is 29.8 Å². The molecular weight excluding hydrogens is 345 g/mol. The summed E-state index contributed by atoms with van der Waals surface area (Å²) in [6, 6.07) is 5.29. The van der Waals surface area contributed by atoms with Gasteiger partial charge in [-0.25, -0.2) is 4.79 Å². The lowest BCUT2D eigenvalue weighted by Crippen LogP contribution is -2.36. The number of ether oxygens (including phenoxy) is 1. The van der Waals surface area contributed by atoms with Crippen LogP contribution in [0.15, 0.2) is 24.3 Å². The standard InChI is InChI=1S/C15H13F3N2O5/c16-15(17,18)8-19-11(21)7-25-14(24)9-1-3-10(4-2-9)20-12(22)5-6-13(20)23/h1-4H,5-8H2,(H,19,21). The van der Waals surface area contributed by atoms with Gasteiger partial charge in [-0.3, -0.25) is 19.3 Å². The fourth-order valence-corrected chi connectivity index (χ4v) is 2.08. The lowest BCUT2D eigenvalue weighted by molar-refractivity contribution is -0.140. The zero-order chi connectivity index (χ0) is 18.6. The number of carbonyl (C=O) groups is 4.